The van der Waals surface area contributed by atoms with Crippen LogP contribution in [0.5, 0.6) is 0 Å². The molecule has 29 heavy (non-hydrogen) atoms. The molecule has 0 aliphatic rings. The van der Waals surface area contributed by atoms with E-state index in [2.05, 4.69) is 86.1 Å². The predicted molar refractivity (Wildman–Crippen MR) is 128 cm³/mol. The molecule has 2 nitrogen and oxygen atoms in total. The van der Waals surface area contributed by atoms with Crippen molar-refractivity contribution in [3.05, 3.63) is 71.8 Å². The summed E-state index contributed by atoms with van der Waals surface area (Å²) in [4.78, 5) is 5.15. The summed E-state index contributed by atoms with van der Waals surface area (Å²) in [7, 11) is 2.23. The fourth-order valence-corrected chi connectivity index (χ4v) is 3.65. The zero-order valence-corrected chi connectivity index (χ0v) is 18.7. The van der Waals surface area contributed by atoms with Crippen LogP contribution in [0, 0.1) is 0 Å². The van der Waals surface area contributed by atoms with Gasteiger partial charge in [0.05, 0.1) is 0 Å². The molecule has 0 aliphatic carbocycles. The minimum absolute atomic E-state index is 0.893. The van der Waals surface area contributed by atoms with E-state index in [1.54, 1.807) is 0 Å². The topological polar surface area (TPSA) is 15.4 Å². The van der Waals surface area contributed by atoms with Crippen LogP contribution in [0.25, 0.3) is 0 Å². The fraction of sp³-hybridized carbons (Fsp3) is 0.481. The Morgan fingerprint density at radius 2 is 1.24 bits per heavy atom. The zero-order valence-electron chi connectivity index (χ0n) is 18.7. The van der Waals surface area contributed by atoms with E-state index in [-0.39, 0.29) is 0 Å². The van der Waals surface area contributed by atoms with Crippen molar-refractivity contribution in [3.8, 4) is 0 Å². The van der Waals surface area contributed by atoms with Gasteiger partial charge in [-0.3, -0.25) is 4.99 Å². The lowest BCUT2D eigenvalue weighted by molar-refractivity contribution is -0.495. The summed E-state index contributed by atoms with van der Waals surface area (Å²) < 4.78 is 2.42. The predicted octanol–water partition coefficient (Wildman–Crippen LogP) is 6.77. The van der Waals surface area contributed by atoms with Crippen molar-refractivity contribution >= 4 is 11.4 Å². The van der Waals surface area contributed by atoms with Gasteiger partial charge in [0.15, 0.2) is 0 Å². The summed E-state index contributed by atoms with van der Waals surface area (Å²) >= 11 is 0. The molecule has 2 aromatic rings. The van der Waals surface area contributed by atoms with Crippen LogP contribution in [0.15, 0.2) is 65.7 Å². The van der Waals surface area contributed by atoms with Crippen LogP contribution in [0.2, 0.25) is 0 Å². The van der Waals surface area contributed by atoms with Gasteiger partial charge < -0.3 is 0 Å². The van der Waals surface area contributed by atoms with E-state index >= 15 is 0 Å². The fourth-order valence-electron chi connectivity index (χ4n) is 3.65. The van der Waals surface area contributed by atoms with E-state index in [4.69, 9.17) is 4.99 Å². The Morgan fingerprint density at radius 3 is 1.83 bits per heavy atom. The third-order valence-electron chi connectivity index (χ3n) is 5.33. The molecule has 0 spiro atoms. The Kier molecular flexibility index (Phi) is 11.0. The summed E-state index contributed by atoms with van der Waals surface area (Å²) in [6, 6.07) is 21.5. The third kappa shape index (κ3) is 7.97. The number of nitrogens with zero attached hydrogens (tertiary/aromatic N) is 2. The van der Waals surface area contributed by atoms with E-state index in [1.807, 2.05) is 0 Å². The van der Waals surface area contributed by atoms with Crippen molar-refractivity contribution in [2.75, 3.05) is 20.1 Å². The summed E-state index contributed by atoms with van der Waals surface area (Å²) in [5.74, 6) is 0. The lowest BCUT2D eigenvalue weighted by atomic mass is 9.98. The van der Waals surface area contributed by atoms with Gasteiger partial charge in [0.2, 0.25) is 5.71 Å². The van der Waals surface area contributed by atoms with Crippen LogP contribution in [0.3, 0.4) is 0 Å². The molecular formula is C27H39N2+. The van der Waals surface area contributed by atoms with Gasteiger partial charge in [-0.25, -0.2) is 4.58 Å². The average Bonchev–Trinajstić information content (AvgIpc) is 2.77. The first-order valence-electron chi connectivity index (χ1n) is 11.5. The third-order valence-corrected chi connectivity index (χ3v) is 5.33. The highest BCUT2D eigenvalue weighted by Gasteiger charge is 2.22. The molecule has 2 aromatic carbocycles. The van der Waals surface area contributed by atoms with Gasteiger partial charge in [-0.15, -0.1) is 0 Å². The second-order valence-corrected chi connectivity index (χ2v) is 7.85. The number of benzene rings is 2. The smallest absolute Gasteiger partial charge is 0.233 e. The van der Waals surface area contributed by atoms with Crippen molar-refractivity contribution in [1.82, 2.24) is 0 Å². The maximum absolute atomic E-state index is 5.15. The van der Waals surface area contributed by atoms with Crippen LogP contribution < -0.4 is 0 Å². The molecule has 0 saturated heterocycles. The quantitative estimate of drug-likeness (QED) is 0.203. The van der Waals surface area contributed by atoms with Gasteiger partial charge in [-0.1, -0.05) is 94.5 Å². The number of hydrogen-bond acceptors (Lipinski definition) is 1. The van der Waals surface area contributed by atoms with Crippen molar-refractivity contribution in [3.63, 3.8) is 0 Å². The summed E-state index contributed by atoms with van der Waals surface area (Å²) in [6.45, 7) is 6.48. The molecule has 2 heteroatoms. The van der Waals surface area contributed by atoms with E-state index < -0.39 is 0 Å². The number of hydrogen-bond donors (Lipinski definition) is 0. The number of rotatable bonds is 13. The van der Waals surface area contributed by atoms with Crippen LogP contribution >= 0.6 is 0 Å². The Balaban J connectivity index is 2.39. The van der Waals surface area contributed by atoms with Crippen LogP contribution in [0.1, 0.15) is 76.3 Å². The Labute approximate surface area is 178 Å². The first-order chi connectivity index (χ1) is 14.3. The van der Waals surface area contributed by atoms with Gasteiger partial charge >= 0.3 is 0 Å². The molecule has 0 radical (unpaired) electrons. The second-order valence-electron chi connectivity index (χ2n) is 7.85. The number of aliphatic imine (C=N–C) groups is 1. The standard InChI is InChI=1S/C27H39N2/c1-4-6-8-16-22-28-26(24-18-12-10-13-19-24)27(25-20-14-11-15-21-25)29(3)23-17-9-7-5-2/h10-15,18-21H,4-9,16-17,22-23H2,1-3H3/q+1. The van der Waals surface area contributed by atoms with E-state index in [0.717, 1.165) is 25.2 Å². The monoisotopic (exact) mass is 391 g/mol. The first kappa shape index (κ1) is 23.1. The SMILES string of the molecule is CCCCCCN=C(C(c1ccccc1)=[N+](C)CCCCCC)c1ccccc1. The molecule has 0 aliphatic heterocycles. The molecular weight excluding hydrogens is 352 g/mol. The van der Waals surface area contributed by atoms with E-state index in [0.29, 0.717) is 0 Å². The van der Waals surface area contributed by atoms with Gasteiger partial charge in [-0.2, -0.15) is 0 Å². The molecule has 0 saturated carbocycles. The molecule has 156 valence electrons. The minimum atomic E-state index is 0.893. The molecule has 0 unspecified atom stereocenters. The number of unbranched alkanes of at least 4 members (excludes halogenated alkanes) is 6. The normalized spacial score (nSPS) is 12.7. The molecule has 0 fully saturated rings. The summed E-state index contributed by atoms with van der Waals surface area (Å²) in [5, 5.41) is 0. The van der Waals surface area contributed by atoms with Crippen LogP contribution in [-0.2, 0) is 0 Å². The van der Waals surface area contributed by atoms with Gasteiger partial charge in [0.25, 0.3) is 0 Å². The van der Waals surface area contributed by atoms with Crippen LogP contribution in [-0.4, -0.2) is 36.1 Å². The van der Waals surface area contributed by atoms with Crippen LogP contribution in [0.4, 0.5) is 0 Å². The maximum Gasteiger partial charge on any atom is 0.233 e. The van der Waals surface area contributed by atoms with Crippen molar-refractivity contribution in [2.24, 2.45) is 4.99 Å². The van der Waals surface area contributed by atoms with Gasteiger partial charge in [-0.05, 0) is 25.0 Å². The highest BCUT2D eigenvalue weighted by atomic mass is 15.0. The molecule has 0 bridgehead atoms. The van der Waals surface area contributed by atoms with E-state index in [9.17, 15) is 0 Å². The molecule has 0 N–H and O–H groups in total. The van der Waals surface area contributed by atoms with Crippen molar-refractivity contribution in [1.29, 1.82) is 0 Å². The molecule has 0 atom stereocenters. The average molecular weight is 392 g/mol. The summed E-state index contributed by atoms with van der Waals surface area (Å²) in [5.41, 5.74) is 4.85. The lowest BCUT2D eigenvalue weighted by Gasteiger charge is -2.12. The first-order valence-corrected chi connectivity index (χ1v) is 11.5. The molecule has 2 rings (SSSR count). The Hall–Kier alpha value is -2.22. The Morgan fingerprint density at radius 1 is 0.690 bits per heavy atom. The lowest BCUT2D eigenvalue weighted by Crippen LogP contribution is -2.29. The molecule has 0 aromatic heterocycles. The van der Waals surface area contributed by atoms with Crippen molar-refractivity contribution < 1.29 is 4.58 Å². The summed E-state index contributed by atoms with van der Waals surface area (Å²) in [6.07, 6.45) is 10.1. The van der Waals surface area contributed by atoms with Crippen molar-refractivity contribution in [2.45, 2.75) is 65.2 Å². The molecule has 0 amide bonds. The Bertz CT molecular complexity index is 745. The molecule has 0 heterocycles. The van der Waals surface area contributed by atoms with Gasteiger partial charge in [0.1, 0.15) is 19.3 Å². The largest absolute Gasteiger partial charge is 0.278 e. The zero-order chi connectivity index (χ0) is 20.7. The van der Waals surface area contributed by atoms with E-state index in [1.165, 1.54) is 61.8 Å². The van der Waals surface area contributed by atoms with Gasteiger partial charge in [0, 0.05) is 24.1 Å². The minimum Gasteiger partial charge on any atom is -0.278 e. The maximum atomic E-state index is 5.15. The highest BCUT2D eigenvalue weighted by molar-refractivity contribution is 6.51. The second kappa shape index (κ2) is 13.9. The highest BCUT2D eigenvalue weighted by Crippen LogP contribution is 2.12.